The Morgan fingerprint density at radius 3 is 2.65 bits per heavy atom. The van der Waals surface area contributed by atoms with Crippen LogP contribution < -0.4 is 4.74 Å². The second-order valence-corrected chi connectivity index (χ2v) is 16.7. The Balaban J connectivity index is 1.69. The molecule has 190 valence electrons. The Hall–Kier alpha value is -1.35. The van der Waals surface area contributed by atoms with Crippen LogP contribution in [0, 0.1) is 35.0 Å². The van der Waals surface area contributed by atoms with E-state index in [1.54, 1.807) is 0 Å². The Bertz CT molecular complexity index is 841. The highest BCUT2D eigenvalue weighted by atomic mass is 28.4. The molecule has 1 fully saturated rings. The van der Waals surface area contributed by atoms with Crippen molar-refractivity contribution in [2.75, 3.05) is 6.61 Å². The van der Waals surface area contributed by atoms with Crippen LogP contribution in [0.25, 0.3) is 0 Å². The van der Waals surface area contributed by atoms with Gasteiger partial charge in [-0.1, -0.05) is 65.0 Å². The zero-order valence-corrected chi connectivity index (χ0v) is 23.1. The van der Waals surface area contributed by atoms with E-state index in [2.05, 4.69) is 46.0 Å². The molecular formula is C29H47NO3Si. The first-order chi connectivity index (χ1) is 16.1. The summed E-state index contributed by atoms with van der Waals surface area (Å²) >= 11 is 0. The molecule has 2 unspecified atom stereocenters. The number of unbranched alkanes of at least 4 members (excludes halogenated alkanes) is 2. The van der Waals surface area contributed by atoms with E-state index in [1.165, 1.54) is 36.8 Å². The summed E-state index contributed by atoms with van der Waals surface area (Å²) in [6.07, 6.45) is 11.0. The molecule has 1 aromatic carbocycles. The standard InChI is InChI=1S/C29H47NO3Si/c1-6-7-8-10-21(20-29(2,3)34(4,5)32)13-14-24-25-17-22-11-9-12-28(33-16-15-30)26(22)18-23(25)19-27(24)31/h9,11-12,21,23-25,27,31-32H,6-8,10,13-14,16-20H2,1-5H3/t21?,23-,24+,25-,27?/m1/s1. The largest absolute Gasteiger partial charge is 0.478 e. The van der Waals surface area contributed by atoms with Gasteiger partial charge in [-0.3, -0.25) is 0 Å². The lowest BCUT2D eigenvalue weighted by molar-refractivity contribution is 0.104. The van der Waals surface area contributed by atoms with E-state index in [0.29, 0.717) is 23.7 Å². The lowest BCUT2D eigenvalue weighted by Crippen LogP contribution is -2.40. The van der Waals surface area contributed by atoms with E-state index >= 15 is 0 Å². The Labute approximate surface area is 208 Å². The second-order valence-electron chi connectivity index (χ2n) is 12.2. The zero-order chi connectivity index (χ0) is 24.9. The lowest BCUT2D eigenvalue weighted by atomic mass is 9.73. The predicted octanol–water partition coefficient (Wildman–Crippen LogP) is 6.65. The molecule has 0 amide bonds. The van der Waals surface area contributed by atoms with E-state index in [4.69, 9.17) is 10.00 Å². The van der Waals surface area contributed by atoms with Gasteiger partial charge in [0.2, 0.25) is 0 Å². The maximum absolute atomic E-state index is 11.1. The molecule has 0 spiro atoms. The molecule has 4 nitrogen and oxygen atoms in total. The molecule has 2 aliphatic rings. The highest BCUT2D eigenvalue weighted by molar-refractivity contribution is 6.72. The van der Waals surface area contributed by atoms with Crippen molar-refractivity contribution in [1.82, 2.24) is 0 Å². The van der Waals surface area contributed by atoms with E-state index in [0.717, 1.165) is 44.3 Å². The highest BCUT2D eigenvalue weighted by Crippen LogP contribution is 2.50. The smallest absolute Gasteiger partial charge is 0.188 e. The average molecular weight is 486 g/mol. The summed E-state index contributed by atoms with van der Waals surface area (Å²) in [6, 6.07) is 8.30. The third-order valence-electron chi connectivity index (χ3n) is 9.22. The molecule has 2 aliphatic carbocycles. The minimum absolute atomic E-state index is 0.00428. The maximum Gasteiger partial charge on any atom is 0.188 e. The van der Waals surface area contributed by atoms with Crippen LogP contribution in [0.3, 0.4) is 0 Å². The Morgan fingerprint density at radius 1 is 1.21 bits per heavy atom. The van der Waals surface area contributed by atoms with Crippen molar-refractivity contribution >= 4 is 8.32 Å². The monoisotopic (exact) mass is 485 g/mol. The third kappa shape index (κ3) is 6.45. The van der Waals surface area contributed by atoms with Crippen LogP contribution in [0.1, 0.15) is 83.3 Å². The van der Waals surface area contributed by atoms with Crippen LogP contribution in [0.2, 0.25) is 18.1 Å². The van der Waals surface area contributed by atoms with Crippen LogP contribution in [0.5, 0.6) is 5.75 Å². The fourth-order valence-electron chi connectivity index (χ4n) is 6.48. The van der Waals surface area contributed by atoms with Crippen molar-refractivity contribution < 1.29 is 14.6 Å². The van der Waals surface area contributed by atoms with Crippen LogP contribution >= 0.6 is 0 Å². The zero-order valence-electron chi connectivity index (χ0n) is 22.1. The predicted molar refractivity (Wildman–Crippen MR) is 141 cm³/mol. The minimum atomic E-state index is -2.23. The van der Waals surface area contributed by atoms with Gasteiger partial charge in [0, 0.05) is 0 Å². The van der Waals surface area contributed by atoms with Crippen molar-refractivity contribution in [2.24, 2.45) is 23.7 Å². The number of fused-ring (bicyclic) bond motifs is 2. The molecule has 3 rings (SSSR count). The number of hydrogen-bond acceptors (Lipinski definition) is 4. The molecule has 0 aromatic heterocycles. The van der Waals surface area contributed by atoms with Crippen molar-refractivity contribution in [3.05, 3.63) is 29.3 Å². The number of rotatable bonds is 12. The van der Waals surface area contributed by atoms with Gasteiger partial charge < -0.3 is 14.6 Å². The number of aliphatic hydroxyl groups is 1. The van der Waals surface area contributed by atoms with Gasteiger partial charge in [-0.05, 0) is 91.1 Å². The summed E-state index contributed by atoms with van der Waals surface area (Å²) in [6.45, 7) is 11.0. The molecule has 5 heteroatoms. The average Bonchev–Trinajstić information content (AvgIpc) is 3.07. The highest BCUT2D eigenvalue weighted by Gasteiger charge is 2.45. The number of benzene rings is 1. The van der Waals surface area contributed by atoms with E-state index < -0.39 is 8.32 Å². The lowest BCUT2D eigenvalue weighted by Gasteiger charge is -2.39. The summed E-state index contributed by atoms with van der Waals surface area (Å²) in [4.78, 5) is 10.9. The number of nitrogens with zero attached hydrogens (tertiary/aromatic N) is 1. The third-order valence-corrected chi connectivity index (χ3v) is 12.7. The molecule has 0 radical (unpaired) electrons. The summed E-state index contributed by atoms with van der Waals surface area (Å²) in [5.41, 5.74) is 2.59. The fraction of sp³-hybridized carbons (Fsp3) is 0.759. The Kier molecular flexibility index (Phi) is 9.28. The molecule has 2 N–H and O–H groups in total. The van der Waals surface area contributed by atoms with Gasteiger partial charge in [-0.25, -0.2) is 0 Å². The van der Waals surface area contributed by atoms with Gasteiger partial charge in [-0.15, -0.1) is 0 Å². The molecule has 0 aliphatic heterocycles. The van der Waals surface area contributed by atoms with E-state index in [-0.39, 0.29) is 17.7 Å². The van der Waals surface area contributed by atoms with Crippen LogP contribution in [-0.4, -0.2) is 30.9 Å². The SMILES string of the molecule is CCCCCC(CC[C@@H]1C(O)C[C@H]2Cc3c(cccc3OCC#N)C[C@H]21)CC(C)(C)[Si](C)(C)O. The summed E-state index contributed by atoms with van der Waals surface area (Å²) in [5.74, 6) is 2.86. The number of nitriles is 1. The van der Waals surface area contributed by atoms with Gasteiger partial charge in [0.1, 0.15) is 11.8 Å². The number of aliphatic hydroxyl groups excluding tert-OH is 1. The molecule has 1 saturated carbocycles. The van der Waals surface area contributed by atoms with Gasteiger partial charge >= 0.3 is 0 Å². The molecule has 34 heavy (non-hydrogen) atoms. The maximum atomic E-state index is 11.1. The number of hydrogen-bond donors (Lipinski definition) is 2. The van der Waals surface area contributed by atoms with Gasteiger partial charge in [-0.2, -0.15) is 5.26 Å². The summed E-state index contributed by atoms with van der Waals surface area (Å²) in [5, 5.41) is 20.0. The Morgan fingerprint density at radius 2 is 1.97 bits per heavy atom. The van der Waals surface area contributed by atoms with Gasteiger partial charge in [0.25, 0.3) is 0 Å². The molecule has 0 heterocycles. The second kappa shape index (κ2) is 11.6. The quantitative estimate of drug-likeness (QED) is 0.257. The van der Waals surface area contributed by atoms with Crippen molar-refractivity contribution in [3.63, 3.8) is 0 Å². The normalized spacial score (nSPS) is 25.4. The molecule has 0 bridgehead atoms. The van der Waals surface area contributed by atoms with Crippen molar-refractivity contribution in [2.45, 2.75) is 109 Å². The topological polar surface area (TPSA) is 73.5 Å². The fourth-order valence-corrected chi connectivity index (χ4v) is 7.27. The van der Waals surface area contributed by atoms with Crippen molar-refractivity contribution in [3.8, 4) is 11.8 Å². The van der Waals surface area contributed by atoms with Gasteiger partial charge in [0.15, 0.2) is 14.9 Å². The van der Waals surface area contributed by atoms with Crippen LogP contribution in [-0.2, 0) is 12.8 Å². The molecule has 0 saturated heterocycles. The molecule has 1 aromatic rings. The number of ether oxygens (including phenoxy) is 1. The summed E-state index contributed by atoms with van der Waals surface area (Å²) < 4.78 is 5.71. The first-order valence-electron chi connectivity index (χ1n) is 13.6. The van der Waals surface area contributed by atoms with E-state index in [1.807, 2.05) is 12.1 Å². The molecular weight excluding hydrogens is 438 g/mol. The first kappa shape index (κ1) is 27.2. The molecule has 5 atom stereocenters. The summed E-state index contributed by atoms with van der Waals surface area (Å²) in [7, 11) is -2.23. The van der Waals surface area contributed by atoms with Crippen LogP contribution in [0.4, 0.5) is 0 Å². The minimum Gasteiger partial charge on any atom is -0.478 e. The van der Waals surface area contributed by atoms with E-state index in [9.17, 15) is 9.90 Å². The first-order valence-corrected chi connectivity index (χ1v) is 16.5. The van der Waals surface area contributed by atoms with Crippen LogP contribution in [0.15, 0.2) is 18.2 Å². The van der Waals surface area contributed by atoms with Crippen molar-refractivity contribution in [1.29, 1.82) is 5.26 Å². The van der Waals surface area contributed by atoms with Gasteiger partial charge in [0.05, 0.1) is 6.10 Å².